The number of nitrogens with zero attached hydrogens (tertiary/aromatic N) is 2. The lowest BCUT2D eigenvalue weighted by Gasteiger charge is -2.10. The van der Waals surface area contributed by atoms with Crippen LogP contribution in [-0.2, 0) is 0 Å². The summed E-state index contributed by atoms with van der Waals surface area (Å²) >= 11 is 1.94. The average Bonchev–Trinajstić information content (AvgIpc) is 3.05. The van der Waals surface area contributed by atoms with E-state index in [0.717, 1.165) is 11.4 Å². The molecule has 0 atom stereocenters. The van der Waals surface area contributed by atoms with Crippen molar-refractivity contribution in [2.24, 2.45) is 0 Å². The number of hydrogen-bond donors (Lipinski definition) is 2. The molecule has 1 heterocycles. The molecule has 25 heavy (non-hydrogen) atoms. The van der Waals surface area contributed by atoms with Gasteiger partial charge in [0.15, 0.2) is 5.82 Å². The molecule has 5 nitrogen and oxygen atoms in total. The highest BCUT2D eigenvalue weighted by Crippen LogP contribution is 2.27. The second-order valence-corrected chi connectivity index (χ2v) is 6.99. The van der Waals surface area contributed by atoms with Crippen molar-refractivity contribution in [3.8, 4) is 11.4 Å². The van der Waals surface area contributed by atoms with Crippen LogP contribution in [0.3, 0.4) is 0 Å². The molecule has 0 aliphatic heterocycles. The fourth-order valence-electron chi connectivity index (χ4n) is 2.30. The van der Waals surface area contributed by atoms with E-state index >= 15 is 0 Å². The van der Waals surface area contributed by atoms with E-state index in [1.165, 1.54) is 18.2 Å². The third-order valence-electron chi connectivity index (χ3n) is 3.64. The molecule has 0 fully saturated rings. The largest absolute Gasteiger partial charge is 0.321 e. The van der Waals surface area contributed by atoms with Gasteiger partial charge in [0.25, 0.3) is 5.91 Å². The van der Waals surface area contributed by atoms with Gasteiger partial charge >= 0.3 is 0 Å². The van der Waals surface area contributed by atoms with E-state index in [0.29, 0.717) is 20.6 Å². The molecule has 3 rings (SSSR count). The summed E-state index contributed by atoms with van der Waals surface area (Å²) in [6, 6.07) is 11.4. The molecule has 0 spiro atoms. The highest BCUT2D eigenvalue weighted by atomic mass is 127. The highest BCUT2D eigenvalue weighted by molar-refractivity contribution is 14.1. The van der Waals surface area contributed by atoms with Gasteiger partial charge in [-0.15, -0.1) is 0 Å². The fraction of sp³-hybridized carbons (Fsp3) is 0.167. The molecule has 0 saturated heterocycles. The van der Waals surface area contributed by atoms with Gasteiger partial charge in [-0.05, 0) is 52.9 Å². The Morgan fingerprint density at radius 1 is 1.24 bits per heavy atom. The van der Waals surface area contributed by atoms with E-state index < -0.39 is 0 Å². The summed E-state index contributed by atoms with van der Waals surface area (Å²) < 4.78 is 13.8. The Morgan fingerprint density at radius 2 is 2.00 bits per heavy atom. The zero-order valence-corrected chi connectivity index (χ0v) is 15.8. The Hall–Kier alpha value is -2.29. The van der Waals surface area contributed by atoms with Crippen molar-refractivity contribution in [1.82, 2.24) is 15.2 Å². The van der Waals surface area contributed by atoms with Crippen LogP contribution in [0.5, 0.6) is 0 Å². The molecule has 0 aliphatic carbocycles. The first-order chi connectivity index (χ1) is 12.0. The smallest absolute Gasteiger partial charge is 0.256 e. The summed E-state index contributed by atoms with van der Waals surface area (Å²) in [6.45, 7) is 4.04. The number of nitrogens with one attached hydrogen (secondary N) is 2. The number of carbonyl (C=O) groups excluding carboxylic acids is 1. The minimum atomic E-state index is -0.372. The number of amides is 1. The van der Waals surface area contributed by atoms with Gasteiger partial charge in [0.2, 0.25) is 0 Å². The van der Waals surface area contributed by atoms with E-state index in [4.69, 9.17) is 0 Å². The van der Waals surface area contributed by atoms with Gasteiger partial charge < -0.3 is 5.32 Å². The van der Waals surface area contributed by atoms with Crippen molar-refractivity contribution in [2.75, 3.05) is 5.32 Å². The van der Waals surface area contributed by atoms with Gasteiger partial charge in [0, 0.05) is 15.1 Å². The quantitative estimate of drug-likeness (QED) is 0.572. The van der Waals surface area contributed by atoms with Crippen LogP contribution in [0.2, 0.25) is 0 Å². The van der Waals surface area contributed by atoms with E-state index in [9.17, 15) is 9.18 Å². The van der Waals surface area contributed by atoms with Crippen LogP contribution in [0, 0.1) is 9.39 Å². The number of aromatic amines is 1. The number of anilines is 1. The molecule has 0 saturated carbocycles. The molecule has 3 aromatic rings. The molecular formula is C18H16FIN4O. The molecule has 0 unspecified atom stereocenters. The standard InChI is InChI=1S/C18H16FIN4O/c1-10(2)16-22-17(24-23-16)13-5-3-4-6-15(13)21-18(25)12-8-7-11(19)9-14(12)20/h3-10H,1-2H3,(H,21,25)(H,22,23,24). The number of hydrogen-bond acceptors (Lipinski definition) is 3. The van der Waals surface area contributed by atoms with Crippen molar-refractivity contribution >= 4 is 34.2 Å². The molecule has 2 N–H and O–H groups in total. The monoisotopic (exact) mass is 450 g/mol. The Labute approximate surface area is 158 Å². The minimum absolute atomic E-state index is 0.226. The van der Waals surface area contributed by atoms with Crippen LogP contribution in [0.15, 0.2) is 42.5 Å². The predicted molar refractivity (Wildman–Crippen MR) is 103 cm³/mol. The third kappa shape index (κ3) is 3.87. The first-order valence-corrected chi connectivity index (χ1v) is 8.81. The van der Waals surface area contributed by atoms with Gasteiger partial charge in [-0.25, -0.2) is 9.37 Å². The number of carbonyl (C=O) groups is 1. The van der Waals surface area contributed by atoms with Crippen molar-refractivity contribution in [2.45, 2.75) is 19.8 Å². The Bertz CT molecular complexity index is 923. The molecule has 1 amide bonds. The normalized spacial score (nSPS) is 10.9. The van der Waals surface area contributed by atoms with Crippen LogP contribution in [-0.4, -0.2) is 21.1 Å². The van der Waals surface area contributed by atoms with Crippen molar-refractivity contribution in [3.05, 3.63) is 63.2 Å². The molecule has 0 bridgehead atoms. The number of halogens is 2. The van der Waals surface area contributed by atoms with Crippen molar-refractivity contribution in [3.63, 3.8) is 0 Å². The van der Waals surface area contributed by atoms with Crippen LogP contribution in [0.1, 0.15) is 35.9 Å². The highest BCUT2D eigenvalue weighted by Gasteiger charge is 2.16. The summed E-state index contributed by atoms with van der Waals surface area (Å²) in [5, 5.41) is 10.0. The van der Waals surface area contributed by atoms with E-state index in [1.807, 2.05) is 54.6 Å². The fourth-order valence-corrected chi connectivity index (χ4v) is 3.03. The third-order valence-corrected chi connectivity index (χ3v) is 4.53. The van der Waals surface area contributed by atoms with Crippen molar-refractivity contribution in [1.29, 1.82) is 0 Å². The van der Waals surface area contributed by atoms with Crippen LogP contribution < -0.4 is 5.32 Å². The lowest BCUT2D eigenvalue weighted by atomic mass is 10.1. The lowest BCUT2D eigenvalue weighted by Crippen LogP contribution is -2.14. The maximum atomic E-state index is 13.2. The first kappa shape index (κ1) is 17.5. The molecule has 1 aromatic heterocycles. The number of H-pyrrole nitrogens is 1. The molecule has 7 heteroatoms. The summed E-state index contributed by atoms with van der Waals surface area (Å²) in [6.07, 6.45) is 0. The molecule has 2 aromatic carbocycles. The SMILES string of the molecule is CC(C)c1nc(-c2ccccc2NC(=O)c2ccc(F)cc2I)n[nH]1. The second-order valence-electron chi connectivity index (χ2n) is 5.82. The van der Waals surface area contributed by atoms with Gasteiger partial charge in [-0.1, -0.05) is 26.0 Å². The van der Waals surface area contributed by atoms with Crippen LogP contribution >= 0.6 is 22.6 Å². The maximum absolute atomic E-state index is 13.2. The number of rotatable bonds is 4. The van der Waals surface area contributed by atoms with Gasteiger partial charge in [-0.3, -0.25) is 9.89 Å². The molecule has 0 radical (unpaired) electrons. The number of benzene rings is 2. The van der Waals surface area contributed by atoms with Crippen LogP contribution in [0.25, 0.3) is 11.4 Å². The first-order valence-electron chi connectivity index (χ1n) is 7.74. The summed E-state index contributed by atoms with van der Waals surface area (Å²) in [5.74, 6) is 0.848. The lowest BCUT2D eigenvalue weighted by molar-refractivity contribution is 0.102. The topological polar surface area (TPSA) is 70.7 Å². The van der Waals surface area contributed by atoms with Gasteiger partial charge in [0.1, 0.15) is 11.6 Å². The molecular weight excluding hydrogens is 434 g/mol. The maximum Gasteiger partial charge on any atom is 0.256 e. The number of aromatic nitrogens is 3. The van der Waals surface area contributed by atoms with Crippen molar-refractivity contribution < 1.29 is 9.18 Å². The van der Waals surface area contributed by atoms with E-state index in [1.54, 1.807) is 6.07 Å². The minimum Gasteiger partial charge on any atom is -0.321 e. The van der Waals surface area contributed by atoms with E-state index in [-0.39, 0.29) is 17.6 Å². The van der Waals surface area contributed by atoms with E-state index in [2.05, 4.69) is 20.5 Å². The summed E-state index contributed by atoms with van der Waals surface area (Å²) in [5.41, 5.74) is 1.73. The average molecular weight is 450 g/mol. The Morgan fingerprint density at radius 3 is 2.68 bits per heavy atom. The predicted octanol–water partition coefficient (Wildman–Crippen LogP) is 4.59. The van der Waals surface area contributed by atoms with Gasteiger partial charge in [-0.2, -0.15) is 5.10 Å². The number of para-hydroxylation sites is 1. The van der Waals surface area contributed by atoms with Gasteiger partial charge in [0.05, 0.1) is 11.3 Å². The molecule has 128 valence electrons. The summed E-state index contributed by atoms with van der Waals surface area (Å²) in [4.78, 5) is 17.0. The Kier molecular flexibility index (Phi) is 5.12. The zero-order chi connectivity index (χ0) is 18.0. The summed E-state index contributed by atoms with van der Waals surface area (Å²) in [7, 11) is 0. The zero-order valence-electron chi connectivity index (χ0n) is 13.7. The second kappa shape index (κ2) is 7.30. The van der Waals surface area contributed by atoms with Crippen LogP contribution in [0.4, 0.5) is 10.1 Å². The Balaban J connectivity index is 1.91. The molecule has 0 aliphatic rings.